The summed E-state index contributed by atoms with van der Waals surface area (Å²) in [7, 11) is 0. The zero-order valence-electron chi connectivity index (χ0n) is 15.9. The van der Waals surface area contributed by atoms with Crippen molar-refractivity contribution in [1.29, 1.82) is 0 Å². The molecule has 1 heterocycles. The molecule has 0 aliphatic heterocycles. The first-order valence-corrected chi connectivity index (χ1v) is 9.79. The van der Waals surface area contributed by atoms with E-state index in [1.54, 1.807) is 22.9 Å². The van der Waals surface area contributed by atoms with E-state index in [4.69, 9.17) is 32.7 Å². The monoisotopic (exact) mass is 433 g/mol. The second-order valence-corrected chi connectivity index (χ2v) is 6.89. The fraction of sp³-hybridized carbons (Fsp3) is 0.250. The summed E-state index contributed by atoms with van der Waals surface area (Å²) in [6, 6.07) is 11.2. The van der Waals surface area contributed by atoms with Gasteiger partial charge < -0.3 is 14.8 Å². The molecule has 0 saturated carbocycles. The number of rotatable bonds is 10. The van der Waals surface area contributed by atoms with Gasteiger partial charge in [-0.25, -0.2) is 4.68 Å². The van der Waals surface area contributed by atoms with E-state index in [-0.39, 0.29) is 0 Å². The van der Waals surface area contributed by atoms with Gasteiger partial charge in [0.05, 0.1) is 23.2 Å². The number of nitrogens with zero attached hydrogens (tertiary/aromatic N) is 4. The van der Waals surface area contributed by atoms with E-state index in [0.717, 1.165) is 11.1 Å². The molecule has 3 rings (SSSR count). The third kappa shape index (κ3) is 5.62. The van der Waals surface area contributed by atoms with Crippen molar-refractivity contribution < 1.29 is 9.47 Å². The molecule has 0 amide bonds. The minimum atomic E-state index is 0.352. The Morgan fingerprint density at radius 3 is 2.66 bits per heavy atom. The molecule has 0 radical (unpaired) electrons. The van der Waals surface area contributed by atoms with Crippen LogP contribution in [-0.2, 0) is 19.7 Å². The summed E-state index contributed by atoms with van der Waals surface area (Å²) in [5.74, 6) is 1.89. The molecular weight excluding hydrogens is 413 g/mol. The number of hydrogen-bond donors (Lipinski definition) is 1. The molecule has 152 valence electrons. The lowest BCUT2D eigenvalue weighted by Crippen LogP contribution is -2.08. The number of hydrogen-bond acceptors (Lipinski definition) is 6. The van der Waals surface area contributed by atoms with E-state index in [1.165, 1.54) is 0 Å². The predicted molar refractivity (Wildman–Crippen MR) is 114 cm³/mol. The number of aromatic nitrogens is 4. The number of ether oxygens (including phenoxy) is 2. The summed E-state index contributed by atoms with van der Waals surface area (Å²) < 4.78 is 13.3. The molecule has 0 bridgehead atoms. The van der Waals surface area contributed by atoms with Crippen molar-refractivity contribution in [2.75, 3.05) is 11.9 Å². The molecular formula is C20H21Cl2N5O2. The van der Waals surface area contributed by atoms with Crippen molar-refractivity contribution in [2.45, 2.75) is 26.6 Å². The van der Waals surface area contributed by atoms with Crippen LogP contribution in [0.2, 0.25) is 10.0 Å². The quantitative estimate of drug-likeness (QED) is 0.464. The van der Waals surface area contributed by atoms with E-state index < -0.39 is 0 Å². The second-order valence-electron chi connectivity index (χ2n) is 6.08. The van der Waals surface area contributed by atoms with E-state index >= 15 is 0 Å². The van der Waals surface area contributed by atoms with E-state index in [2.05, 4.69) is 27.4 Å². The Bertz CT molecular complexity index is 977. The molecule has 29 heavy (non-hydrogen) atoms. The van der Waals surface area contributed by atoms with Gasteiger partial charge in [0.2, 0.25) is 5.95 Å². The van der Waals surface area contributed by atoms with Crippen molar-refractivity contribution in [3.8, 4) is 11.5 Å². The number of halogens is 2. The standard InChI is InChI=1S/C20H21Cl2N5O2/c1-3-9-27-20(24-25-26-27)23-12-14-6-8-18(19(11-14)28-4-2)29-13-15-5-7-16(21)17(22)10-15/h3,5-8,10-11H,1,4,9,12-13H2,2H3,(H,23,24,26). The third-order valence-electron chi connectivity index (χ3n) is 3.97. The number of nitrogens with one attached hydrogen (secondary N) is 1. The van der Waals surface area contributed by atoms with Crippen LogP contribution < -0.4 is 14.8 Å². The largest absolute Gasteiger partial charge is 0.490 e. The maximum absolute atomic E-state index is 6.06. The van der Waals surface area contributed by atoms with Crippen molar-refractivity contribution in [2.24, 2.45) is 0 Å². The highest BCUT2D eigenvalue weighted by atomic mass is 35.5. The van der Waals surface area contributed by atoms with Gasteiger partial charge in [0.25, 0.3) is 0 Å². The highest BCUT2D eigenvalue weighted by Gasteiger charge is 2.09. The van der Waals surface area contributed by atoms with Crippen LogP contribution in [-0.4, -0.2) is 26.8 Å². The summed E-state index contributed by atoms with van der Waals surface area (Å²) >= 11 is 12.0. The summed E-state index contributed by atoms with van der Waals surface area (Å²) in [5.41, 5.74) is 1.92. The van der Waals surface area contributed by atoms with Gasteiger partial charge in [0.15, 0.2) is 11.5 Å². The summed E-state index contributed by atoms with van der Waals surface area (Å²) in [5, 5.41) is 15.8. The minimum Gasteiger partial charge on any atom is -0.490 e. The molecule has 9 heteroatoms. The topological polar surface area (TPSA) is 74.1 Å². The molecule has 0 saturated heterocycles. The van der Waals surface area contributed by atoms with Crippen LogP contribution in [0.1, 0.15) is 18.1 Å². The number of allylic oxidation sites excluding steroid dienone is 1. The lowest BCUT2D eigenvalue weighted by Gasteiger charge is -2.14. The third-order valence-corrected chi connectivity index (χ3v) is 4.71. The van der Waals surface area contributed by atoms with Crippen LogP contribution in [0, 0.1) is 0 Å². The Morgan fingerprint density at radius 2 is 1.90 bits per heavy atom. The summed E-state index contributed by atoms with van der Waals surface area (Å²) in [6.45, 7) is 7.56. The van der Waals surface area contributed by atoms with Crippen molar-refractivity contribution in [3.05, 3.63) is 70.2 Å². The first-order valence-electron chi connectivity index (χ1n) is 9.04. The molecule has 0 aliphatic carbocycles. The van der Waals surface area contributed by atoms with E-state index in [0.29, 0.717) is 53.8 Å². The lowest BCUT2D eigenvalue weighted by atomic mass is 10.2. The van der Waals surface area contributed by atoms with Gasteiger partial charge in [-0.1, -0.05) is 46.5 Å². The van der Waals surface area contributed by atoms with Crippen molar-refractivity contribution in [1.82, 2.24) is 20.2 Å². The molecule has 0 unspecified atom stereocenters. The molecule has 3 aromatic rings. The molecule has 7 nitrogen and oxygen atoms in total. The number of benzene rings is 2. The van der Waals surface area contributed by atoms with Crippen LogP contribution in [0.4, 0.5) is 5.95 Å². The highest BCUT2D eigenvalue weighted by molar-refractivity contribution is 6.42. The maximum Gasteiger partial charge on any atom is 0.243 e. The second kappa shape index (κ2) is 10.1. The summed E-state index contributed by atoms with van der Waals surface area (Å²) in [4.78, 5) is 0. The average Bonchev–Trinajstić information content (AvgIpc) is 3.16. The van der Waals surface area contributed by atoms with Gasteiger partial charge in [-0.3, -0.25) is 0 Å². The Balaban J connectivity index is 1.68. The van der Waals surface area contributed by atoms with Crippen LogP contribution in [0.25, 0.3) is 0 Å². The van der Waals surface area contributed by atoms with Crippen LogP contribution in [0.5, 0.6) is 11.5 Å². The normalized spacial score (nSPS) is 10.6. The SMILES string of the molecule is C=CCn1nnnc1NCc1ccc(OCc2ccc(Cl)c(Cl)c2)c(OCC)c1. The highest BCUT2D eigenvalue weighted by Crippen LogP contribution is 2.30. The molecule has 1 aromatic heterocycles. The molecule has 2 aromatic carbocycles. The lowest BCUT2D eigenvalue weighted by molar-refractivity contribution is 0.269. The van der Waals surface area contributed by atoms with Crippen LogP contribution in [0.3, 0.4) is 0 Å². The first kappa shape index (κ1) is 21.0. The predicted octanol–water partition coefficient (Wildman–Crippen LogP) is 4.76. The Kier molecular flexibility index (Phi) is 7.32. The minimum absolute atomic E-state index is 0.352. The van der Waals surface area contributed by atoms with Crippen molar-refractivity contribution >= 4 is 29.2 Å². The van der Waals surface area contributed by atoms with E-state index in [1.807, 2.05) is 31.2 Å². The Hall–Kier alpha value is -2.77. The zero-order valence-corrected chi connectivity index (χ0v) is 17.5. The Morgan fingerprint density at radius 1 is 1.07 bits per heavy atom. The van der Waals surface area contributed by atoms with E-state index in [9.17, 15) is 0 Å². The van der Waals surface area contributed by atoms with Crippen LogP contribution in [0.15, 0.2) is 49.1 Å². The molecule has 0 spiro atoms. The van der Waals surface area contributed by atoms with Gasteiger partial charge >= 0.3 is 0 Å². The first-order chi connectivity index (χ1) is 14.1. The fourth-order valence-electron chi connectivity index (χ4n) is 2.60. The zero-order chi connectivity index (χ0) is 20.6. The Labute approximate surface area is 179 Å². The van der Waals surface area contributed by atoms with Gasteiger partial charge in [0.1, 0.15) is 6.61 Å². The number of tetrazole rings is 1. The van der Waals surface area contributed by atoms with Gasteiger partial charge in [-0.15, -0.1) is 6.58 Å². The summed E-state index contributed by atoms with van der Waals surface area (Å²) in [6.07, 6.45) is 1.73. The van der Waals surface area contributed by atoms with Crippen LogP contribution >= 0.6 is 23.2 Å². The number of anilines is 1. The molecule has 0 fully saturated rings. The molecule has 0 aliphatic rings. The molecule has 0 atom stereocenters. The van der Waals surface area contributed by atoms with Gasteiger partial charge in [-0.2, -0.15) is 0 Å². The van der Waals surface area contributed by atoms with Crippen molar-refractivity contribution in [3.63, 3.8) is 0 Å². The maximum atomic E-state index is 6.06. The average molecular weight is 434 g/mol. The smallest absolute Gasteiger partial charge is 0.243 e. The molecule has 1 N–H and O–H groups in total. The van der Waals surface area contributed by atoms with Gasteiger partial charge in [0, 0.05) is 6.54 Å². The van der Waals surface area contributed by atoms with Gasteiger partial charge in [-0.05, 0) is 52.7 Å². The fourth-order valence-corrected chi connectivity index (χ4v) is 2.92.